The van der Waals surface area contributed by atoms with E-state index in [9.17, 15) is 4.79 Å². The van der Waals surface area contributed by atoms with Crippen LogP contribution in [0.15, 0.2) is 42.7 Å². The number of hydrogen-bond acceptors (Lipinski definition) is 5. The van der Waals surface area contributed by atoms with Gasteiger partial charge in [0.1, 0.15) is 11.5 Å². The molecule has 3 heterocycles. The molecule has 3 aromatic rings. The molecule has 0 fully saturated rings. The Labute approximate surface area is 169 Å². The second-order valence-electron chi connectivity index (χ2n) is 7.50. The molecule has 0 saturated heterocycles. The Balaban J connectivity index is 1.87. The van der Waals surface area contributed by atoms with Gasteiger partial charge in [0.15, 0.2) is 5.69 Å². The molecule has 7 nitrogen and oxygen atoms in total. The molecule has 0 spiro atoms. The number of anilines is 1. The van der Waals surface area contributed by atoms with Gasteiger partial charge in [-0.3, -0.25) is 19.8 Å². The summed E-state index contributed by atoms with van der Waals surface area (Å²) < 4.78 is 10.6. The van der Waals surface area contributed by atoms with E-state index in [1.807, 2.05) is 30.3 Å². The number of fused-ring (bicyclic) bond motifs is 1. The molecule has 0 aliphatic carbocycles. The van der Waals surface area contributed by atoms with Gasteiger partial charge in [0.25, 0.3) is 5.91 Å². The standard InChI is InChI=1S/C22H24N4O3/c1-13(2)9-18-19-20(25-24-18)22(27)26(15-5-7-16(28-3)8-6-15)21(19)14-10-17(29-4)12-23-11-14/h5-8,10-13,21H,9H2,1-4H3,(H,24,25). The Morgan fingerprint density at radius 3 is 2.48 bits per heavy atom. The third kappa shape index (κ3) is 3.33. The van der Waals surface area contributed by atoms with Gasteiger partial charge in [-0.2, -0.15) is 5.10 Å². The zero-order chi connectivity index (χ0) is 20.5. The van der Waals surface area contributed by atoms with E-state index in [0.717, 1.165) is 34.7 Å². The molecule has 1 atom stereocenters. The molecule has 2 aromatic heterocycles. The normalized spacial score (nSPS) is 15.7. The summed E-state index contributed by atoms with van der Waals surface area (Å²) in [5.41, 5.74) is 4.00. The highest BCUT2D eigenvalue weighted by Gasteiger charge is 2.43. The van der Waals surface area contributed by atoms with E-state index in [4.69, 9.17) is 9.47 Å². The molecule has 0 saturated carbocycles. The van der Waals surface area contributed by atoms with Crippen LogP contribution in [-0.2, 0) is 6.42 Å². The number of methoxy groups -OCH3 is 2. The van der Waals surface area contributed by atoms with Crippen LogP contribution in [0.2, 0.25) is 0 Å². The van der Waals surface area contributed by atoms with E-state index in [0.29, 0.717) is 17.4 Å². The van der Waals surface area contributed by atoms with Crippen LogP contribution in [0.5, 0.6) is 11.5 Å². The summed E-state index contributed by atoms with van der Waals surface area (Å²) in [5.74, 6) is 1.67. The number of pyridine rings is 1. The number of nitrogens with one attached hydrogen (secondary N) is 1. The number of carbonyl (C=O) groups excluding carboxylic acids is 1. The molecule has 1 aliphatic heterocycles. The predicted molar refractivity (Wildman–Crippen MR) is 110 cm³/mol. The third-order valence-corrected chi connectivity index (χ3v) is 5.08. The van der Waals surface area contributed by atoms with Crippen molar-refractivity contribution in [2.75, 3.05) is 19.1 Å². The summed E-state index contributed by atoms with van der Waals surface area (Å²) in [7, 11) is 3.23. The third-order valence-electron chi connectivity index (χ3n) is 5.08. The fraction of sp³-hybridized carbons (Fsp3) is 0.318. The van der Waals surface area contributed by atoms with Crippen LogP contribution >= 0.6 is 0 Å². The number of amides is 1. The summed E-state index contributed by atoms with van der Waals surface area (Å²) in [6, 6.07) is 9.05. The van der Waals surface area contributed by atoms with Crippen LogP contribution in [0.1, 0.15) is 47.2 Å². The Bertz CT molecular complexity index is 1030. The number of aromatic amines is 1. The summed E-state index contributed by atoms with van der Waals surface area (Å²) in [6.45, 7) is 4.29. The molecule has 7 heteroatoms. The van der Waals surface area contributed by atoms with E-state index in [-0.39, 0.29) is 11.9 Å². The molecular formula is C22H24N4O3. The van der Waals surface area contributed by atoms with Gasteiger partial charge in [0, 0.05) is 28.7 Å². The first kappa shape index (κ1) is 19.0. The molecular weight excluding hydrogens is 368 g/mol. The van der Waals surface area contributed by atoms with Gasteiger partial charge in [-0.15, -0.1) is 0 Å². The van der Waals surface area contributed by atoms with Gasteiger partial charge in [-0.25, -0.2) is 0 Å². The molecule has 1 aromatic carbocycles. The molecule has 0 bridgehead atoms. The van der Waals surface area contributed by atoms with Crippen LogP contribution < -0.4 is 14.4 Å². The Morgan fingerprint density at radius 1 is 1.10 bits per heavy atom. The lowest BCUT2D eigenvalue weighted by Crippen LogP contribution is -2.29. The predicted octanol–water partition coefficient (Wildman–Crippen LogP) is 3.77. The van der Waals surface area contributed by atoms with Crippen molar-refractivity contribution in [1.29, 1.82) is 0 Å². The van der Waals surface area contributed by atoms with E-state index < -0.39 is 0 Å². The van der Waals surface area contributed by atoms with Crippen LogP contribution in [0.3, 0.4) is 0 Å². The lowest BCUT2D eigenvalue weighted by molar-refractivity contribution is 0.0988. The second kappa shape index (κ2) is 7.58. The molecule has 150 valence electrons. The van der Waals surface area contributed by atoms with Crippen molar-refractivity contribution in [3.8, 4) is 11.5 Å². The summed E-state index contributed by atoms with van der Waals surface area (Å²) in [6.07, 6.45) is 4.24. The molecule has 1 N–H and O–H groups in total. The maximum atomic E-state index is 13.3. The number of ether oxygens (including phenoxy) is 2. The minimum atomic E-state index is -0.332. The quantitative estimate of drug-likeness (QED) is 0.691. The molecule has 1 amide bonds. The lowest BCUT2D eigenvalue weighted by Gasteiger charge is -2.26. The van der Waals surface area contributed by atoms with Gasteiger partial charge in [0.2, 0.25) is 0 Å². The van der Waals surface area contributed by atoms with Crippen molar-refractivity contribution in [1.82, 2.24) is 15.2 Å². The van der Waals surface area contributed by atoms with Gasteiger partial charge in [-0.05, 0) is 42.7 Å². The minimum absolute atomic E-state index is 0.135. The van der Waals surface area contributed by atoms with Gasteiger partial charge >= 0.3 is 0 Å². The van der Waals surface area contributed by atoms with Crippen molar-refractivity contribution in [2.24, 2.45) is 5.92 Å². The first-order valence-electron chi connectivity index (χ1n) is 9.57. The van der Waals surface area contributed by atoms with Crippen molar-refractivity contribution in [3.05, 3.63) is 65.2 Å². The fourth-order valence-electron chi connectivity index (χ4n) is 3.79. The summed E-state index contributed by atoms with van der Waals surface area (Å²) >= 11 is 0. The molecule has 1 aliphatic rings. The van der Waals surface area contributed by atoms with Gasteiger partial charge in [-0.1, -0.05) is 13.8 Å². The van der Waals surface area contributed by atoms with Crippen molar-refractivity contribution in [3.63, 3.8) is 0 Å². The van der Waals surface area contributed by atoms with E-state index in [1.54, 1.807) is 31.5 Å². The number of H-pyrrole nitrogens is 1. The smallest absolute Gasteiger partial charge is 0.280 e. The van der Waals surface area contributed by atoms with Crippen LogP contribution in [0, 0.1) is 5.92 Å². The summed E-state index contributed by atoms with van der Waals surface area (Å²) in [4.78, 5) is 19.4. The van der Waals surface area contributed by atoms with E-state index in [2.05, 4.69) is 29.0 Å². The first-order valence-corrected chi connectivity index (χ1v) is 9.57. The van der Waals surface area contributed by atoms with Gasteiger partial charge < -0.3 is 9.47 Å². The number of rotatable bonds is 6. The average molecular weight is 392 g/mol. The van der Waals surface area contributed by atoms with Crippen molar-refractivity contribution >= 4 is 11.6 Å². The molecule has 0 radical (unpaired) electrons. The minimum Gasteiger partial charge on any atom is -0.497 e. The monoisotopic (exact) mass is 392 g/mol. The zero-order valence-corrected chi connectivity index (χ0v) is 17.0. The lowest BCUT2D eigenvalue weighted by atomic mass is 9.96. The average Bonchev–Trinajstić information content (AvgIpc) is 3.26. The van der Waals surface area contributed by atoms with Crippen molar-refractivity contribution < 1.29 is 14.3 Å². The van der Waals surface area contributed by atoms with Crippen molar-refractivity contribution in [2.45, 2.75) is 26.3 Å². The Kier molecular flexibility index (Phi) is 4.96. The zero-order valence-electron chi connectivity index (χ0n) is 17.0. The van der Waals surface area contributed by atoms with Crippen LogP contribution in [0.4, 0.5) is 5.69 Å². The number of nitrogens with zero attached hydrogens (tertiary/aromatic N) is 3. The number of hydrogen-bond donors (Lipinski definition) is 1. The largest absolute Gasteiger partial charge is 0.497 e. The SMILES string of the molecule is COc1ccc(N2C(=O)c3n[nH]c(CC(C)C)c3C2c2cncc(OC)c2)cc1. The number of benzene rings is 1. The van der Waals surface area contributed by atoms with E-state index >= 15 is 0 Å². The highest BCUT2D eigenvalue weighted by Crippen LogP contribution is 2.43. The topological polar surface area (TPSA) is 80.3 Å². The Morgan fingerprint density at radius 2 is 1.83 bits per heavy atom. The van der Waals surface area contributed by atoms with Crippen LogP contribution in [0.25, 0.3) is 0 Å². The maximum Gasteiger partial charge on any atom is 0.280 e. The van der Waals surface area contributed by atoms with Gasteiger partial charge in [0.05, 0.1) is 26.5 Å². The maximum absolute atomic E-state index is 13.3. The Hall–Kier alpha value is -3.35. The summed E-state index contributed by atoms with van der Waals surface area (Å²) in [5, 5.41) is 7.45. The highest BCUT2D eigenvalue weighted by molar-refractivity contribution is 6.10. The number of carbonyl (C=O) groups is 1. The fourth-order valence-corrected chi connectivity index (χ4v) is 3.79. The second-order valence-corrected chi connectivity index (χ2v) is 7.50. The molecule has 4 rings (SSSR count). The molecule has 1 unspecified atom stereocenters. The first-order chi connectivity index (χ1) is 14.0. The highest BCUT2D eigenvalue weighted by atomic mass is 16.5. The van der Waals surface area contributed by atoms with E-state index in [1.165, 1.54) is 0 Å². The van der Waals surface area contributed by atoms with Crippen LogP contribution in [-0.4, -0.2) is 35.3 Å². The molecule has 29 heavy (non-hydrogen) atoms. The number of aromatic nitrogens is 3.